The van der Waals surface area contributed by atoms with Crippen molar-refractivity contribution in [2.45, 2.75) is 46.1 Å². The van der Waals surface area contributed by atoms with Crippen molar-refractivity contribution in [1.82, 2.24) is 5.32 Å². The highest BCUT2D eigenvalue weighted by Crippen LogP contribution is 2.36. The Morgan fingerprint density at radius 1 is 1.60 bits per heavy atom. The van der Waals surface area contributed by atoms with Crippen molar-refractivity contribution in [3.8, 4) is 0 Å². The van der Waals surface area contributed by atoms with Gasteiger partial charge in [0.2, 0.25) is 0 Å². The molecule has 1 rings (SSSR count). The standard InChI is InChI=1S/C12H21NO2/c1-9(6-11(14)15)8-13-10-4-5-12(2,3)7-10/h6,10,13H,4-5,7-8H2,1-3H3,(H,14,15). The lowest BCUT2D eigenvalue weighted by atomic mass is 9.92. The Balaban J connectivity index is 2.30. The minimum absolute atomic E-state index is 0.447. The Bertz CT molecular complexity index is 269. The maximum atomic E-state index is 10.4. The summed E-state index contributed by atoms with van der Waals surface area (Å²) in [5.74, 6) is -0.860. The predicted molar refractivity (Wildman–Crippen MR) is 60.8 cm³/mol. The van der Waals surface area contributed by atoms with Gasteiger partial charge >= 0.3 is 5.97 Å². The van der Waals surface area contributed by atoms with Gasteiger partial charge in [0.15, 0.2) is 0 Å². The van der Waals surface area contributed by atoms with Crippen LogP contribution in [0.1, 0.15) is 40.0 Å². The molecule has 0 radical (unpaired) electrons. The molecule has 1 aliphatic carbocycles. The van der Waals surface area contributed by atoms with E-state index < -0.39 is 5.97 Å². The average Bonchev–Trinajstić information content (AvgIpc) is 2.41. The molecule has 1 fully saturated rings. The molecule has 0 saturated heterocycles. The molecule has 0 aromatic carbocycles. The van der Waals surface area contributed by atoms with Gasteiger partial charge in [-0.1, -0.05) is 19.4 Å². The Morgan fingerprint density at radius 2 is 2.27 bits per heavy atom. The smallest absolute Gasteiger partial charge is 0.328 e. The number of carboxylic acid groups (broad SMARTS) is 1. The van der Waals surface area contributed by atoms with E-state index in [2.05, 4.69) is 19.2 Å². The molecule has 3 nitrogen and oxygen atoms in total. The van der Waals surface area contributed by atoms with Crippen molar-refractivity contribution in [1.29, 1.82) is 0 Å². The van der Waals surface area contributed by atoms with E-state index in [0.29, 0.717) is 18.0 Å². The average molecular weight is 211 g/mol. The van der Waals surface area contributed by atoms with Crippen LogP contribution in [0, 0.1) is 5.41 Å². The highest BCUT2D eigenvalue weighted by Gasteiger charge is 2.30. The second-order valence-corrected chi connectivity index (χ2v) is 5.31. The molecule has 0 aliphatic heterocycles. The Kier molecular flexibility index (Phi) is 3.91. The zero-order valence-electron chi connectivity index (χ0n) is 9.84. The fourth-order valence-corrected chi connectivity index (χ4v) is 2.18. The lowest BCUT2D eigenvalue weighted by Gasteiger charge is -2.17. The molecule has 1 saturated carbocycles. The van der Waals surface area contributed by atoms with Gasteiger partial charge in [-0.15, -0.1) is 0 Å². The summed E-state index contributed by atoms with van der Waals surface area (Å²) in [7, 11) is 0. The fourth-order valence-electron chi connectivity index (χ4n) is 2.18. The number of hydrogen-bond acceptors (Lipinski definition) is 2. The van der Waals surface area contributed by atoms with Crippen LogP contribution in [0.25, 0.3) is 0 Å². The van der Waals surface area contributed by atoms with Crippen LogP contribution in [0.5, 0.6) is 0 Å². The normalized spacial score (nSPS) is 25.5. The molecule has 0 aromatic heterocycles. The lowest BCUT2D eigenvalue weighted by molar-refractivity contribution is -0.131. The molecule has 86 valence electrons. The first-order chi connectivity index (χ1) is 6.89. The second-order valence-electron chi connectivity index (χ2n) is 5.31. The van der Waals surface area contributed by atoms with Crippen LogP contribution < -0.4 is 5.32 Å². The third kappa shape index (κ3) is 4.47. The van der Waals surface area contributed by atoms with Crippen molar-refractivity contribution in [3.63, 3.8) is 0 Å². The summed E-state index contributed by atoms with van der Waals surface area (Å²) in [5.41, 5.74) is 1.33. The van der Waals surface area contributed by atoms with Crippen molar-refractivity contribution in [2.75, 3.05) is 6.54 Å². The number of carbonyl (C=O) groups is 1. The Hall–Kier alpha value is -0.830. The van der Waals surface area contributed by atoms with Crippen molar-refractivity contribution in [3.05, 3.63) is 11.6 Å². The molecule has 1 aliphatic rings. The van der Waals surface area contributed by atoms with Gasteiger partial charge in [0.05, 0.1) is 0 Å². The van der Waals surface area contributed by atoms with E-state index >= 15 is 0 Å². The van der Waals surface area contributed by atoms with Gasteiger partial charge in [-0.25, -0.2) is 4.79 Å². The largest absolute Gasteiger partial charge is 0.478 e. The maximum absolute atomic E-state index is 10.4. The summed E-state index contributed by atoms with van der Waals surface area (Å²) in [6.07, 6.45) is 4.92. The number of hydrogen-bond donors (Lipinski definition) is 2. The SMILES string of the molecule is CC(=CC(=O)O)CNC1CCC(C)(C)C1. The molecule has 15 heavy (non-hydrogen) atoms. The zero-order chi connectivity index (χ0) is 11.5. The number of carboxylic acids is 1. The summed E-state index contributed by atoms with van der Waals surface area (Å²) in [6.45, 7) is 7.11. The van der Waals surface area contributed by atoms with Gasteiger partial charge in [0.25, 0.3) is 0 Å². The van der Waals surface area contributed by atoms with Crippen LogP contribution in [0.15, 0.2) is 11.6 Å². The first-order valence-electron chi connectivity index (χ1n) is 5.52. The molecule has 1 atom stereocenters. The fraction of sp³-hybridized carbons (Fsp3) is 0.750. The van der Waals surface area contributed by atoms with Crippen LogP contribution in [0.4, 0.5) is 0 Å². The van der Waals surface area contributed by atoms with Crippen LogP contribution >= 0.6 is 0 Å². The van der Waals surface area contributed by atoms with E-state index in [-0.39, 0.29) is 0 Å². The van der Waals surface area contributed by atoms with Crippen molar-refractivity contribution in [2.24, 2.45) is 5.41 Å². The van der Waals surface area contributed by atoms with E-state index in [0.717, 1.165) is 5.57 Å². The second kappa shape index (κ2) is 4.79. The third-order valence-electron chi connectivity index (χ3n) is 3.01. The predicted octanol–water partition coefficient (Wildman–Crippen LogP) is 2.19. The van der Waals surface area contributed by atoms with Crippen LogP contribution in [-0.2, 0) is 4.79 Å². The molecule has 0 bridgehead atoms. The minimum atomic E-state index is -0.860. The van der Waals surface area contributed by atoms with Gasteiger partial charge in [-0.3, -0.25) is 0 Å². The number of rotatable bonds is 4. The molecule has 0 spiro atoms. The monoisotopic (exact) mass is 211 g/mol. The molecule has 0 amide bonds. The molecular formula is C12H21NO2. The van der Waals surface area contributed by atoms with Crippen molar-refractivity contribution >= 4 is 5.97 Å². The van der Waals surface area contributed by atoms with Gasteiger partial charge in [-0.2, -0.15) is 0 Å². The summed E-state index contributed by atoms with van der Waals surface area (Å²) >= 11 is 0. The van der Waals surface area contributed by atoms with Crippen LogP contribution in [-0.4, -0.2) is 23.7 Å². The highest BCUT2D eigenvalue weighted by atomic mass is 16.4. The molecule has 1 unspecified atom stereocenters. The summed E-state index contributed by atoms with van der Waals surface area (Å²) in [6, 6.07) is 0.553. The Labute approximate surface area is 91.6 Å². The molecule has 3 heteroatoms. The quantitative estimate of drug-likeness (QED) is 0.701. The first kappa shape index (κ1) is 12.2. The third-order valence-corrected chi connectivity index (χ3v) is 3.01. The van der Waals surface area contributed by atoms with E-state index in [1.54, 1.807) is 0 Å². The van der Waals surface area contributed by atoms with Crippen LogP contribution in [0.3, 0.4) is 0 Å². The Morgan fingerprint density at radius 3 is 2.73 bits per heavy atom. The van der Waals surface area contributed by atoms with Gasteiger partial charge in [0, 0.05) is 18.7 Å². The summed E-state index contributed by atoms with van der Waals surface area (Å²) in [5, 5.41) is 12.0. The molecular weight excluding hydrogens is 190 g/mol. The van der Waals surface area contributed by atoms with Gasteiger partial charge in [0.1, 0.15) is 0 Å². The summed E-state index contributed by atoms with van der Waals surface area (Å²) in [4.78, 5) is 10.4. The van der Waals surface area contributed by atoms with E-state index in [9.17, 15) is 4.79 Å². The first-order valence-corrected chi connectivity index (χ1v) is 5.52. The highest BCUT2D eigenvalue weighted by molar-refractivity contribution is 5.80. The maximum Gasteiger partial charge on any atom is 0.328 e. The van der Waals surface area contributed by atoms with Gasteiger partial charge < -0.3 is 10.4 Å². The summed E-state index contributed by atoms with van der Waals surface area (Å²) < 4.78 is 0. The molecule has 0 heterocycles. The zero-order valence-corrected chi connectivity index (χ0v) is 9.84. The van der Waals surface area contributed by atoms with E-state index in [4.69, 9.17) is 5.11 Å². The number of aliphatic carboxylic acids is 1. The van der Waals surface area contributed by atoms with E-state index in [1.807, 2.05) is 6.92 Å². The van der Waals surface area contributed by atoms with Gasteiger partial charge in [-0.05, 0) is 31.6 Å². The molecule has 2 N–H and O–H groups in total. The van der Waals surface area contributed by atoms with Crippen LogP contribution in [0.2, 0.25) is 0 Å². The number of nitrogens with one attached hydrogen (secondary N) is 1. The van der Waals surface area contributed by atoms with Crippen molar-refractivity contribution < 1.29 is 9.90 Å². The lowest BCUT2D eigenvalue weighted by Crippen LogP contribution is -2.29. The molecule has 0 aromatic rings. The topological polar surface area (TPSA) is 49.3 Å². The van der Waals surface area contributed by atoms with E-state index in [1.165, 1.54) is 25.3 Å². The minimum Gasteiger partial charge on any atom is -0.478 e.